The van der Waals surface area contributed by atoms with E-state index in [0.29, 0.717) is 0 Å². The monoisotopic (exact) mass is 370 g/mol. The Bertz CT molecular complexity index is 738. The lowest BCUT2D eigenvalue weighted by atomic mass is 10.1. The SMILES string of the molecule is COc1ccc(N2CCN(C(Oc3cc(C)ccc3C)C(C)O)CC2)cc1. The van der Waals surface area contributed by atoms with Gasteiger partial charge in [-0.25, -0.2) is 0 Å². The standard InChI is InChI=1S/C22H30N2O3/c1-16-5-6-17(2)21(15-16)27-22(18(3)25)24-13-11-23(12-14-24)19-7-9-20(26-4)10-8-19/h5-10,15,18,22,25H,11-14H2,1-4H3. The van der Waals surface area contributed by atoms with E-state index in [1.165, 1.54) is 5.69 Å². The quantitative estimate of drug-likeness (QED) is 0.846. The summed E-state index contributed by atoms with van der Waals surface area (Å²) in [7, 11) is 1.68. The van der Waals surface area contributed by atoms with Crippen LogP contribution in [0.15, 0.2) is 42.5 Å². The average molecular weight is 370 g/mol. The van der Waals surface area contributed by atoms with Gasteiger partial charge in [-0.15, -0.1) is 0 Å². The molecule has 0 aromatic heterocycles. The second kappa shape index (κ2) is 8.63. The zero-order valence-corrected chi connectivity index (χ0v) is 16.7. The van der Waals surface area contributed by atoms with Gasteiger partial charge in [-0.1, -0.05) is 12.1 Å². The molecule has 5 nitrogen and oxygen atoms in total. The number of aliphatic hydroxyl groups excluding tert-OH is 1. The number of hydrogen-bond donors (Lipinski definition) is 1. The van der Waals surface area contributed by atoms with Crippen molar-refractivity contribution in [3.63, 3.8) is 0 Å². The second-order valence-electron chi connectivity index (χ2n) is 7.24. The molecule has 1 aliphatic rings. The minimum Gasteiger partial charge on any atom is -0.497 e. The van der Waals surface area contributed by atoms with Gasteiger partial charge in [0.25, 0.3) is 0 Å². The molecule has 0 saturated carbocycles. The molecule has 146 valence electrons. The fourth-order valence-electron chi connectivity index (χ4n) is 3.47. The predicted octanol–water partition coefficient (Wildman–Crippen LogP) is 3.22. The van der Waals surface area contributed by atoms with Gasteiger partial charge in [-0.3, -0.25) is 4.90 Å². The summed E-state index contributed by atoms with van der Waals surface area (Å²) in [6.07, 6.45) is -0.916. The molecule has 0 aliphatic carbocycles. The zero-order valence-electron chi connectivity index (χ0n) is 16.7. The number of benzene rings is 2. The van der Waals surface area contributed by atoms with Gasteiger partial charge in [0, 0.05) is 31.9 Å². The van der Waals surface area contributed by atoms with Crippen LogP contribution < -0.4 is 14.4 Å². The van der Waals surface area contributed by atoms with Gasteiger partial charge >= 0.3 is 0 Å². The van der Waals surface area contributed by atoms with Crippen LogP contribution in [0, 0.1) is 13.8 Å². The Kier molecular flexibility index (Phi) is 6.24. The lowest BCUT2D eigenvalue weighted by Gasteiger charge is -2.41. The van der Waals surface area contributed by atoms with E-state index in [2.05, 4.69) is 41.0 Å². The van der Waals surface area contributed by atoms with Crippen molar-refractivity contribution in [1.82, 2.24) is 4.90 Å². The molecule has 1 saturated heterocycles. The van der Waals surface area contributed by atoms with Crippen LogP contribution in [-0.2, 0) is 0 Å². The second-order valence-corrected chi connectivity index (χ2v) is 7.24. The van der Waals surface area contributed by atoms with E-state index in [1.807, 2.05) is 25.1 Å². The number of nitrogens with zero attached hydrogens (tertiary/aromatic N) is 2. The molecule has 1 heterocycles. The maximum absolute atomic E-state index is 10.3. The molecular weight excluding hydrogens is 340 g/mol. The highest BCUT2D eigenvalue weighted by molar-refractivity contribution is 5.49. The molecule has 0 amide bonds. The van der Waals surface area contributed by atoms with Gasteiger partial charge < -0.3 is 19.5 Å². The lowest BCUT2D eigenvalue weighted by Crippen LogP contribution is -2.55. The molecule has 0 spiro atoms. The number of aryl methyl sites for hydroxylation is 2. The fraction of sp³-hybridized carbons (Fsp3) is 0.455. The average Bonchev–Trinajstić information content (AvgIpc) is 2.68. The lowest BCUT2D eigenvalue weighted by molar-refractivity contribution is -0.0604. The predicted molar refractivity (Wildman–Crippen MR) is 109 cm³/mol. The normalized spacial score (nSPS) is 17.4. The van der Waals surface area contributed by atoms with Crippen molar-refractivity contribution in [3.05, 3.63) is 53.6 Å². The smallest absolute Gasteiger partial charge is 0.178 e. The van der Waals surface area contributed by atoms with Crippen molar-refractivity contribution in [2.75, 3.05) is 38.2 Å². The van der Waals surface area contributed by atoms with Crippen LogP contribution in [0.2, 0.25) is 0 Å². The van der Waals surface area contributed by atoms with Crippen LogP contribution in [-0.4, -0.2) is 55.6 Å². The Morgan fingerprint density at radius 2 is 1.63 bits per heavy atom. The van der Waals surface area contributed by atoms with E-state index >= 15 is 0 Å². The molecule has 5 heteroatoms. The highest BCUT2D eigenvalue weighted by Gasteiger charge is 2.29. The first-order valence-electron chi connectivity index (χ1n) is 9.53. The van der Waals surface area contributed by atoms with Gasteiger partial charge in [0.15, 0.2) is 6.23 Å². The van der Waals surface area contributed by atoms with Crippen molar-refractivity contribution in [3.8, 4) is 11.5 Å². The molecule has 2 aromatic carbocycles. The van der Waals surface area contributed by atoms with Crippen LogP contribution in [0.1, 0.15) is 18.1 Å². The number of rotatable bonds is 6. The van der Waals surface area contributed by atoms with E-state index < -0.39 is 6.10 Å². The Morgan fingerprint density at radius 1 is 0.963 bits per heavy atom. The van der Waals surface area contributed by atoms with E-state index in [1.54, 1.807) is 14.0 Å². The molecule has 1 N–H and O–H groups in total. The maximum Gasteiger partial charge on any atom is 0.178 e. The van der Waals surface area contributed by atoms with E-state index in [-0.39, 0.29) is 6.23 Å². The first-order chi connectivity index (χ1) is 13.0. The van der Waals surface area contributed by atoms with Gasteiger partial charge in [0.1, 0.15) is 17.6 Å². The van der Waals surface area contributed by atoms with Crippen LogP contribution >= 0.6 is 0 Å². The summed E-state index contributed by atoms with van der Waals surface area (Å²) in [5.74, 6) is 1.71. The van der Waals surface area contributed by atoms with Gasteiger partial charge in [-0.2, -0.15) is 0 Å². The molecule has 1 fully saturated rings. The van der Waals surface area contributed by atoms with Crippen molar-refractivity contribution < 1.29 is 14.6 Å². The Morgan fingerprint density at radius 3 is 2.22 bits per heavy atom. The van der Waals surface area contributed by atoms with Crippen LogP contribution in [0.5, 0.6) is 11.5 Å². The van der Waals surface area contributed by atoms with E-state index in [0.717, 1.165) is 48.8 Å². The summed E-state index contributed by atoms with van der Waals surface area (Å²) in [6, 6.07) is 14.3. The highest BCUT2D eigenvalue weighted by Crippen LogP contribution is 2.25. The van der Waals surface area contributed by atoms with Crippen LogP contribution in [0.3, 0.4) is 0 Å². The summed E-state index contributed by atoms with van der Waals surface area (Å²) in [6.45, 7) is 9.36. The number of methoxy groups -OCH3 is 1. The first kappa shape index (κ1) is 19.5. The molecule has 0 radical (unpaired) electrons. The molecule has 3 rings (SSSR count). The highest BCUT2D eigenvalue weighted by atomic mass is 16.5. The largest absolute Gasteiger partial charge is 0.497 e. The Balaban J connectivity index is 1.65. The molecule has 27 heavy (non-hydrogen) atoms. The van der Waals surface area contributed by atoms with Gasteiger partial charge in [0.2, 0.25) is 0 Å². The van der Waals surface area contributed by atoms with Crippen LogP contribution in [0.4, 0.5) is 5.69 Å². The van der Waals surface area contributed by atoms with Crippen LogP contribution in [0.25, 0.3) is 0 Å². The molecule has 0 bridgehead atoms. The summed E-state index contributed by atoms with van der Waals surface area (Å²) >= 11 is 0. The third-order valence-corrected chi connectivity index (χ3v) is 5.12. The van der Waals surface area contributed by atoms with Gasteiger partial charge in [0.05, 0.1) is 7.11 Å². The summed E-state index contributed by atoms with van der Waals surface area (Å²) in [4.78, 5) is 4.58. The van der Waals surface area contributed by atoms with Crippen molar-refractivity contribution in [2.45, 2.75) is 33.1 Å². The molecule has 2 atom stereocenters. The fourth-order valence-corrected chi connectivity index (χ4v) is 3.47. The summed E-state index contributed by atoms with van der Waals surface area (Å²) in [5.41, 5.74) is 3.44. The number of aliphatic hydroxyl groups is 1. The van der Waals surface area contributed by atoms with E-state index in [4.69, 9.17) is 9.47 Å². The third-order valence-electron chi connectivity index (χ3n) is 5.12. The Hall–Kier alpha value is -2.24. The summed E-state index contributed by atoms with van der Waals surface area (Å²) in [5, 5.41) is 10.3. The molecular formula is C22H30N2O3. The van der Waals surface area contributed by atoms with Crippen molar-refractivity contribution >= 4 is 5.69 Å². The number of hydrogen-bond acceptors (Lipinski definition) is 5. The first-order valence-corrected chi connectivity index (χ1v) is 9.53. The van der Waals surface area contributed by atoms with Crippen molar-refractivity contribution in [2.24, 2.45) is 0 Å². The Labute approximate surface area is 162 Å². The van der Waals surface area contributed by atoms with Crippen molar-refractivity contribution in [1.29, 1.82) is 0 Å². The third kappa shape index (κ3) is 4.73. The molecule has 1 aliphatic heterocycles. The maximum atomic E-state index is 10.3. The van der Waals surface area contributed by atoms with E-state index in [9.17, 15) is 5.11 Å². The topological polar surface area (TPSA) is 45.2 Å². The molecule has 2 aromatic rings. The zero-order chi connectivity index (χ0) is 19.4. The minimum atomic E-state index is -0.572. The number of ether oxygens (including phenoxy) is 2. The van der Waals surface area contributed by atoms with Gasteiger partial charge in [-0.05, 0) is 62.2 Å². The summed E-state index contributed by atoms with van der Waals surface area (Å²) < 4.78 is 11.5. The number of anilines is 1. The number of piperazine rings is 1. The minimum absolute atomic E-state index is 0.344. The molecule has 2 unspecified atom stereocenters.